The van der Waals surface area contributed by atoms with Gasteiger partial charge in [0.1, 0.15) is 0 Å². The second-order valence-electron chi connectivity index (χ2n) is 6.05. The molecule has 0 bridgehead atoms. The molecule has 4 heteroatoms. The van der Waals surface area contributed by atoms with Crippen LogP contribution in [0.1, 0.15) is 38.5 Å². The van der Waals surface area contributed by atoms with Gasteiger partial charge in [-0.05, 0) is 31.6 Å². The number of carbonyl (C=O) groups excluding carboxylic acids is 1. The Kier molecular flexibility index (Phi) is 2.77. The molecule has 2 saturated heterocycles. The van der Waals surface area contributed by atoms with Gasteiger partial charge in [-0.15, -0.1) is 0 Å². The summed E-state index contributed by atoms with van der Waals surface area (Å²) in [5.74, 6) is 0.690. The zero-order chi connectivity index (χ0) is 11.9. The summed E-state index contributed by atoms with van der Waals surface area (Å²) in [6.45, 7) is 3.45. The van der Waals surface area contributed by atoms with Crippen LogP contribution >= 0.6 is 0 Å². The number of rotatable bonds is 1. The van der Waals surface area contributed by atoms with Gasteiger partial charge in [0.15, 0.2) is 0 Å². The van der Waals surface area contributed by atoms with Gasteiger partial charge in [0.05, 0.1) is 5.54 Å². The summed E-state index contributed by atoms with van der Waals surface area (Å²) in [6.07, 6.45) is 7.40. The van der Waals surface area contributed by atoms with Gasteiger partial charge in [-0.25, -0.2) is 4.79 Å². The average Bonchev–Trinajstić information content (AvgIpc) is 3.09. The topological polar surface area (TPSA) is 49.6 Å². The van der Waals surface area contributed by atoms with Gasteiger partial charge in [-0.3, -0.25) is 0 Å². The second-order valence-corrected chi connectivity index (χ2v) is 6.05. The Bertz CT molecular complexity index is 300. The van der Waals surface area contributed by atoms with Crippen molar-refractivity contribution in [3.63, 3.8) is 0 Å². The molecule has 0 aromatic rings. The standard InChI is InChI=1S/C13H23N3O/c14-13(11-5-6-11)9-16(10-13)12(17)15-7-3-1-2-4-8-15/h11H,1-10,14H2. The molecule has 0 unspecified atom stereocenters. The summed E-state index contributed by atoms with van der Waals surface area (Å²) in [6, 6.07) is 0.230. The molecule has 96 valence electrons. The van der Waals surface area contributed by atoms with Gasteiger partial charge in [0.25, 0.3) is 0 Å². The molecule has 4 nitrogen and oxygen atoms in total. The predicted molar refractivity (Wildman–Crippen MR) is 66.7 cm³/mol. The highest BCUT2D eigenvalue weighted by molar-refractivity contribution is 5.76. The van der Waals surface area contributed by atoms with Crippen molar-refractivity contribution in [2.75, 3.05) is 26.2 Å². The normalized spacial score (nSPS) is 28.5. The number of likely N-dealkylation sites (tertiary alicyclic amines) is 2. The van der Waals surface area contributed by atoms with E-state index in [1.807, 2.05) is 9.80 Å². The van der Waals surface area contributed by atoms with Crippen molar-refractivity contribution in [2.45, 2.75) is 44.1 Å². The average molecular weight is 237 g/mol. The maximum atomic E-state index is 12.3. The lowest BCUT2D eigenvalue weighted by atomic mass is 9.86. The molecule has 17 heavy (non-hydrogen) atoms. The van der Waals surface area contributed by atoms with Gasteiger partial charge in [0.2, 0.25) is 0 Å². The van der Waals surface area contributed by atoms with E-state index >= 15 is 0 Å². The number of urea groups is 1. The van der Waals surface area contributed by atoms with Crippen molar-refractivity contribution in [2.24, 2.45) is 11.7 Å². The first-order valence-corrected chi connectivity index (χ1v) is 7.02. The summed E-state index contributed by atoms with van der Waals surface area (Å²) in [7, 11) is 0. The van der Waals surface area contributed by atoms with E-state index in [2.05, 4.69) is 0 Å². The molecule has 0 radical (unpaired) electrons. The Labute approximate surface area is 103 Å². The summed E-state index contributed by atoms with van der Waals surface area (Å²) in [5, 5.41) is 0. The van der Waals surface area contributed by atoms with E-state index in [1.54, 1.807) is 0 Å². The van der Waals surface area contributed by atoms with E-state index in [-0.39, 0.29) is 11.6 Å². The third-order valence-electron chi connectivity index (χ3n) is 4.51. The molecular weight excluding hydrogens is 214 g/mol. The number of hydrogen-bond acceptors (Lipinski definition) is 2. The fraction of sp³-hybridized carbons (Fsp3) is 0.923. The van der Waals surface area contributed by atoms with Crippen LogP contribution in [-0.2, 0) is 0 Å². The molecule has 0 atom stereocenters. The van der Waals surface area contributed by atoms with Gasteiger partial charge in [-0.1, -0.05) is 12.8 Å². The van der Waals surface area contributed by atoms with E-state index in [1.165, 1.54) is 25.7 Å². The first kappa shape index (κ1) is 11.3. The van der Waals surface area contributed by atoms with Crippen molar-refractivity contribution >= 4 is 6.03 Å². The highest BCUT2D eigenvalue weighted by atomic mass is 16.2. The van der Waals surface area contributed by atoms with Crippen LogP contribution in [0.4, 0.5) is 4.79 Å². The third kappa shape index (κ3) is 2.15. The van der Waals surface area contributed by atoms with Crippen LogP contribution in [0, 0.1) is 5.92 Å². The molecule has 0 spiro atoms. The number of carbonyl (C=O) groups is 1. The monoisotopic (exact) mass is 237 g/mol. The lowest BCUT2D eigenvalue weighted by molar-refractivity contribution is 0.0607. The Morgan fingerprint density at radius 3 is 2.12 bits per heavy atom. The molecule has 2 aliphatic heterocycles. The SMILES string of the molecule is NC1(C2CC2)CN(C(=O)N2CCCCCC2)C1. The van der Waals surface area contributed by atoms with E-state index in [0.717, 1.165) is 39.0 Å². The zero-order valence-electron chi connectivity index (χ0n) is 10.5. The fourth-order valence-electron chi connectivity index (χ4n) is 3.18. The highest BCUT2D eigenvalue weighted by Crippen LogP contribution is 2.43. The van der Waals surface area contributed by atoms with Crippen molar-refractivity contribution < 1.29 is 4.79 Å². The first-order valence-electron chi connectivity index (χ1n) is 7.02. The van der Waals surface area contributed by atoms with Crippen LogP contribution in [0.2, 0.25) is 0 Å². The minimum atomic E-state index is -0.0402. The Balaban J connectivity index is 1.53. The lowest BCUT2D eigenvalue weighted by Crippen LogP contribution is -2.71. The molecule has 0 aromatic carbocycles. The van der Waals surface area contributed by atoms with Crippen molar-refractivity contribution in [3.05, 3.63) is 0 Å². The molecule has 1 saturated carbocycles. The molecule has 0 aromatic heterocycles. The van der Waals surface area contributed by atoms with E-state index in [0.29, 0.717) is 5.92 Å². The van der Waals surface area contributed by atoms with Gasteiger partial charge < -0.3 is 15.5 Å². The minimum absolute atomic E-state index is 0.0402. The maximum absolute atomic E-state index is 12.3. The largest absolute Gasteiger partial charge is 0.325 e. The molecule has 1 aliphatic carbocycles. The fourth-order valence-corrected chi connectivity index (χ4v) is 3.18. The summed E-state index contributed by atoms with van der Waals surface area (Å²) in [4.78, 5) is 16.2. The summed E-state index contributed by atoms with van der Waals surface area (Å²) in [5.41, 5.74) is 6.24. The number of nitrogens with zero attached hydrogens (tertiary/aromatic N) is 2. The molecule has 3 rings (SSSR count). The maximum Gasteiger partial charge on any atom is 0.320 e. The number of hydrogen-bond donors (Lipinski definition) is 1. The third-order valence-corrected chi connectivity index (χ3v) is 4.51. The van der Waals surface area contributed by atoms with Crippen LogP contribution in [-0.4, -0.2) is 47.5 Å². The van der Waals surface area contributed by atoms with Crippen molar-refractivity contribution in [1.82, 2.24) is 9.80 Å². The number of amides is 2. The smallest absolute Gasteiger partial charge is 0.320 e. The van der Waals surface area contributed by atoms with E-state index in [4.69, 9.17) is 5.73 Å². The first-order chi connectivity index (χ1) is 8.19. The second kappa shape index (κ2) is 4.16. The zero-order valence-corrected chi connectivity index (χ0v) is 10.5. The van der Waals surface area contributed by atoms with E-state index < -0.39 is 0 Å². The molecule has 2 amide bonds. The van der Waals surface area contributed by atoms with Crippen molar-refractivity contribution in [1.29, 1.82) is 0 Å². The Hall–Kier alpha value is -0.770. The van der Waals surface area contributed by atoms with Crippen LogP contribution in [0.25, 0.3) is 0 Å². The Morgan fingerprint density at radius 2 is 1.59 bits per heavy atom. The number of nitrogens with two attached hydrogens (primary N) is 1. The summed E-state index contributed by atoms with van der Waals surface area (Å²) >= 11 is 0. The Morgan fingerprint density at radius 1 is 1.00 bits per heavy atom. The molecule has 3 aliphatic rings. The van der Waals surface area contributed by atoms with E-state index in [9.17, 15) is 4.79 Å². The van der Waals surface area contributed by atoms with Gasteiger partial charge in [0, 0.05) is 26.2 Å². The van der Waals surface area contributed by atoms with Crippen LogP contribution in [0.15, 0.2) is 0 Å². The van der Waals surface area contributed by atoms with Crippen LogP contribution < -0.4 is 5.73 Å². The molecule has 2 heterocycles. The van der Waals surface area contributed by atoms with Gasteiger partial charge >= 0.3 is 6.03 Å². The highest BCUT2D eigenvalue weighted by Gasteiger charge is 2.52. The van der Waals surface area contributed by atoms with Gasteiger partial charge in [-0.2, -0.15) is 0 Å². The lowest BCUT2D eigenvalue weighted by Gasteiger charge is -2.49. The molecular formula is C13H23N3O. The predicted octanol–water partition coefficient (Wildman–Crippen LogP) is 1.41. The van der Waals surface area contributed by atoms with Crippen LogP contribution in [0.5, 0.6) is 0 Å². The minimum Gasteiger partial charge on any atom is -0.325 e. The molecule has 3 fully saturated rings. The van der Waals surface area contributed by atoms with Crippen LogP contribution in [0.3, 0.4) is 0 Å². The molecule has 2 N–H and O–H groups in total. The quantitative estimate of drug-likeness (QED) is 0.749. The van der Waals surface area contributed by atoms with Crippen molar-refractivity contribution in [3.8, 4) is 0 Å². The summed E-state index contributed by atoms with van der Waals surface area (Å²) < 4.78 is 0.